The summed E-state index contributed by atoms with van der Waals surface area (Å²) in [5.41, 5.74) is 2.18. The highest BCUT2D eigenvalue weighted by Gasteiger charge is 2.26. The van der Waals surface area contributed by atoms with E-state index < -0.39 is 0 Å². The summed E-state index contributed by atoms with van der Waals surface area (Å²) in [5, 5.41) is 0. The molecule has 0 N–H and O–H groups in total. The number of hydrogen-bond acceptors (Lipinski definition) is 1. The number of aldehydes is 1. The van der Waals surface area contributed by atoms with Gasteiger partial charge in [-0.1, -0.05) is 63.8 Å². The van der Waals surface area contributed by atoms with Crippen LogP contribution in [0.5, 0.6) is 0 Å². The third-order valence-corrected chi connectivity index (χ3v) is 4.83. The van der Waals surface area contributed by atoms with Crippen LogP contribution in [0.1, 0.15) is 74.2 Å². The smallest absolute Gasteiger partial charge is 0.150 e. The molecule has 1 aliphatic carbocycles. The van der Waals surface area contributed by atoms with Crippen molar-refractivity contribution in [2.24, 2.45) is 11.8 Å². The summed E-state index contributed by atoms with van der Waals surface area (Å²) in [6, 6.07) is 8.17. The molecule has 1 aromatic rings. The molecule has 3 unspecified atom stereocenters. The van der Waals surface area contributed by atoms with Gasteiger partial charge >= 0.3 is 0 Å². The zero-order valence-electron chi connectivity index (χ0n) is 12.3. The molecule has 0 bridgehead atoms. The van der Waals surface area contributed by atoms with Gasteiger partial charge in [-0.15, -0.1) is 0 Å². The largest absolute Gasteiger partial charge is 0.298 e. The van der Waals surface area contributed by atoms with Gasteiger partial charge in [0.25, 0.3) is 0 Å². The van der Waals surface area contributed by atoms with Gasteiger partial charge in [0, 0.05) is 5.56 Å². The van der Waals surface area contributed by atoms with E-state index in [-0.39, 0.29) is 0 Å². The van der Waals surface area contributed by atoms with E-state index in [9.17, 15) is 4.79 Å². The van der Waals surface area contributed by atoms with Crippen LogP contribution >= 0.6 is 0 Å². The van der Waals surface area contributed by atoms with Crippen LogP contribution in [0.3, 0.4) is 0 Å². The number of carbonyl (C=O) groups excluding carboxylic acids is 1. The Hall–Kier alpha value is -1.11. The molecule has 2 rings (SSSR count). The van der Waals surface area contributed by atoms with E-state index in [1.165, 1.54) is 44.1 Å². The van der Waals surface area contributed by atoms with Crippen molar-refractivity contribution in [3.05, 3.63) is 35.4 Å². The van der Waals surface area contributed by atoms with Crippen molar-refractivity contribution in [2.45, 2.75) is 58.3 Å². The van der Waals surface area contributed by atoms with Crippen molar-refractivity contribution in [2.75, 3.05) is 0 Å². The molecular weight excluding hydrogens is 232 g/mol. The molecule has 104 valence electrons. The molecular formula is C18H26O. The van der Waals surface area contributed by atoms with Gasteiger partial charge in [0.1, 0.15) is 6.29 Å². The Morgan fingerprint density at radius 1 is 1.26 bits per heavy atom. The van der Waals surface area contributed by atoms with Crippen LogP contribution in [-0.2, 0) is 0 Å². The van der Waals surface area contributed by atoms with Crippen molar-refractivity contribution in [1.29, 1.82) is 0 Å². The minimum Gasteiger partial charge on any atom is -0.298 e. The van der Waals surface area contributed by atoms with Crippen molar-refractivity contribution in [3.63, 3.8) is 0 Å². The molecule has 0 aromatic heterocycles. The van der Waals surface area contributed by atoms with E-state index in [0.29, 0.717) is 5.92 Å². The van der Waals surface area contributed by atoms with Gasteiger partial charge < -0.3 is 0 Å². The normalized spacial score (nSPS) is 24.9. The first kappa shape index (κ1) is 14.3. The lowest BCUT2D eigenvalue weighted by Gasteiger charge is -2.33. The summed E-state index contributed by atoms with van der Waals surface area (Å²) < 4.78 is 0. The highest BCUT2D eigenvalue weighted by atomic mass is 16.1. The van der Waals surface area contributed by atoms with Crippen LogP contribution in [0.2, 0.25) is 0 Å². The maximum atomic E-state index is 10.7. The zero-order chi connectivity index (χ0) is 13.7. The third-order valence-electron chi connectivity index (χ3n) is 4.83. The highest BCUT2D eigenvalue weighted by Crippen LogP contribution is 2.39. The SMILES string of the molecule is CCCC1CCCC(C(C)c2ccc(C=O)cc2)C1. The van der Waals surface area contributed by atoms with Crippen LogP contribution in [-0.4, -0.2) is 6.29 Å². The summed E-state index contributed by atoms with van der Waals surface area (Å²) in [5.74, 6) is 2.40. The minimum atomic E-state index is 0.625. The van der Waals surface area contributed by atoms with Crippen LogP contribution in [0.15, 0.2) is 24.3 Å². The lowest BCUT2D eigenvalue weighted by atomic mass is 9.72. The van der Waals surface area contributed by atoms with Crippen molar-refractivity contribution < 1.29 is 4.79 Å². The topological polar surface area (TPSA) is 17.1 Å². The summed E-state index contributed by atoms with van der Waals surface area (Å²) in [6.07, 6.45) is 9.23. The number of hydrogen-bond donors (Lipinski definition) is 0. The second kappa shape index (κ2) is 6.88. The molecule has 1 heteroatoms. The molecule has 0 saturated heterocycles. The molecule has 1 fully saturated rings. The molecule has 3 atom stereocenters. The van der Waals surface area contributed by atoms with Gasteiger partial charge in [-0.2, -0.15) is 0 Å². The summed E-state index contributed by atoms with van der Waals surface area (Å²) in [6.45, 7) is 4.65. The van der Waals surface area contributed by atoms with Gasteiger partial charge in [0.05, 0.1) is 0 Å². The van der Waals surface area contributed by atoms with Gasteiger partial charge in [-0.05, 0) is 36.2 Å². The molecule has 1 aromatic carbocycles. The lowest BCUT2D eigenvalue weighted by Crippen LogP contribution is -2.20. The quantitative estimate of drug-likeness (QED) is 0.663. The summed E-state index contributed by atoms with van der Waals surface area (Å²) >= 11 is 0. The fourth-order valence-electron chi connectivity index (χ4n) is 3.61. The second-order valence-corrected chi connectivity index (χ2v) is 6.15. The Morgan fingerprint density at radius 2 is 2.00 bits per heavy atom. The van der Waals surface area contributed by atoms with Gasteiger partial charge in [-0.3, -0.25) is 4.79 Å². The van der Waals surface area contributed by atoms with Crippen molar-refractivity contribution in [1.82, 2.24) is 0 Å². The first-order valence-corrected chi connectivity index (χ1v) is 7.79. The maximum Gasteiger partial charge on any atom is 0.150 e. The van der Waals surface area contributed by atoms with E-state index in [0.717, 1.165) is 23.7 Å². The molecule has 0 heterocycles. The molecule has 1 saturated carbocycles. The Morgan fingerprint density at radius 3 is 2.63 bits per heavy atom. The van der Waals surface area contributed by atoms with Crippen molar-refractivity contribution in [3.8, 4) is 0 Å². The molecule has 0 spiro atoms. The van der Waals surface area contributed by atoms with Gasteiger partial charge in [0.15, 0.2) is 0 Å². The predicted molar refractivity (Wildman–Crippen MR) is 80.6 cm³/mol. The van der Waals surface area contributed by atoms with E-state index in [1.807, 2.05) is 12.1 Å². The Labute approximate surface area is 117 Å². The van der Waals surface area contributed by atoms with E-state index in [4.69, 9.17) is 0 Å². The average molecular weight is 258 g/mol. The van der Waals surface area contributed by atoms with Gasteiger partial charge in [0.2, 0.25) is 0 Å². The predicted octanol–water partition coefficient (Wildman–Crippen LogP) is 5.21. The first-order chi connectivity index (χ1) is 9.24. The molecule has 0 amide bonds. The number of carbonyl (C=O) groups is 1. The number of rotatable bonds is 5. The monoisotopic (exact) mass is 258 g/mol. The third kappa shape index (κ3) is 3.68. The van der Waals surface area contributed by atoms with Crippen molar-refractivity contribution >= 4 is 6.29 Å². The molecule has 1 aliphatic rings. The summed E-state index contributed by atoms with van der Waals surface area (Å²) in [4.78, 5) is 10.7. The molecule has 19 heavy (non-hydrogen) atoms. The molecule has 1 nitrogen and oxygen atoms in total. The van der Waals surface area contributed by atoms with Gasteiger partial charge in [-0.25, -0.2) is 0 Å². The average Bonchev–Trinajstić information content (AvgIpc) is 2.47. The Kier molecular flexibility index (Phi) is 5.18. The van der Waals surface area contributed by atoms with E-state index in [1.54, 1.807) is 0 Å². The minimum absolute atomic E-state index is 0.625. The standard InChI is InChI=1S/C18H26O/c1-3-5-15-6-4-7-18(12-15)14(2)17-10-8-16(13-19)9-11-17/h8-11,13-15,18H,3-7,12H2,1-2H3. The first-order valence-electron chi connectivity index (χ1n) is 7.79. The molecule has 0 aliphatic heterocycles. The van der Waals surface area contributed by atoms with E-state index in [2.05, 4.69) is 26.0 Å². The Balaban J connectivity index is 2.01. The fourth-order valence-corrected chi connectivity index (χ4v) is 3.61. The van der Waals surface area contributed by atoms with Crippen LogP contribution in [0, 0.1) is 11.8 Å². The summed E-state index contributed by atoms with van der Waals surface area (Å²) in [7, 11) is 0. The Bertz CT molecular complexity index is 391. The second-order valence-electron chi connectivity index (χ2n) is 6.15. The van der Waals surface area contributed by atoms with E-state index >= 15 is 0 Å². The fraction of sp³-hybridized carbons (Fsp3) is 0.611. The number of benzene rings is 1. The van der Waals surface area contributed by atoms with Crippen LogP contribution in [0.25, 0.3) is 0 Å². The lowest BCUT2D eigenvalue weighted by molar-refractivity contribution is 0.112. The maximum absolute atomic E-state index is 10.7. The van der Waals surface area contributed by atoms with Crippen LogP contribution in [0.4, 0.5) is 0 Å². The highest BCUT2D eigenvalue weighted by molar-refractivity contribution is 5.74. The molecule has 0 radical (unpaired) electrons. The van der Waals surface area contributed by atoms with Crippen LogP contribution < -0.4 is 0 Å². The zero-order valence-corrected chi connectivity index (χ0v) is 12.3.